The van der Waals surface area contributed by atoms with Crippen molar-refractivity contribution in [1.29, 1.82) is 0 Å². The van der Waals surface area contributed by atoms with E-state index in [0.717, 1.165) is 0 Å². The summed E-state index contributed by atoms with van der Waals surface area (Å²) in [5.41, 5.74) is 0. The van der Waals surface area contributed by atoms with E-state index in [2.05, 4.69) is 5.32 Å². The molecule has 1 rings (SSSR count). The van der Waals surface area contributed by atoms with Gasteiger partial charge in [0.05, 0.1) is 6.54 Å². The molecule has 0 spiro atoms. The van der Waals surface area contributed by atoms with Crippen LogP contribution in [0, 0.1) is 0 Å². The second-order valence-electron chi connectivity index (χ2n) is 3.21. The fourth-order valence-corrected chi connectivity index (χ4v) is 1.67. The van der Waals surface area contributed by atoms with Crippen molar-refractivity contribution in [2.24, 2.45) is 0 Å². The standard InChI is InChI=1S/C9H16NO/c11-8-7-10-9-5-3-1-2-4-6-9/h9-10H,1-7H2. The molecule has 1 fully saturated rings. The van der Waals surface area contributed by atoms with E-state index in [9.17, 15) is 4.79 Å². The summed E-state index contributed by atoms with van der Waals surface area (Å²) in [6, 6.07) is 0.582. The van der Waals surface area contributed by atoms with Crippen molar-refractivity contribution in [3.8, 4) is 0 Å². The van der Waals surface area contributed by atoms with Gasteiger partial charge in [-0.2, -0.15) is 0 Å². The van der Waals surface area contributed by atoms with E-state index in [1.807, 2.05) is 6.29 Å². The third-order valence-corrected chi connectivity index (χ3v) is 2.32. The zero-order chi connectivity index (χ0) is 7.94. The molecule has 2 nitrogen and oxygen atoms in total. The van der Waals surface area contributed by atoms with Crippen molar-refractivity contribution >= 4 is 6.29 Å². The molecule has 0 bridgehead atoms. The number of nitrogens with one attached hydrogen (secondary N) is 1. The Morgan fingerprint density at radius 3 is 2.36 bits per heavy atom. The average molecular weight is 154 g/mol. The van der Waals surface area contributed by atoms with E-state index >= 15 is 0 Å². The van der Waals surface area contributed by atoms with Gasteiger partial charge in [0.1, 0.15) is 0 Å². The predicted octanol–water partition coefficient (Wildman–Crippen LogP) is 1.41. The van der Waals surface area contributed by atoms with E-state index in [4.69, 9.17) is 0 Å². The van der Waals surface area contributed by atoms with Gasteiger partial charge in [-0.15, -0.1) is 0 Å². The topological polar surface area (TPSA) is 29.1 Å². The summed E-state index contributed by atoms with van der Waals surface area (Å²) in [6.07, 6.45) is 9.71. The third-order valence-electron chi connectivity index (χ3n) is 2.32. The van der Waals surface area contributed by atoms with Crippen molar-refractivity contribution in [2.45, 2.75) is 44.6 Å². The third kappa shape index (κ3) is 3.51. The second kappa shape index (κ2) is 5.30. The summed E-state index contributed by atoms with van der Waals surface area (Å²) in [6.45, 7) is 0.407. The summed E-state index contributed by atoms with van der Waals surface area (Å²) in [5, 5.41) is 3.19. The lowest BCUT2D eigenvalue weighted by Gasteiger charge is -2.12. The first-order valence-corrected chi connectivity index (χ1v) is 4.52. The minimum Gasteiger partial charge on any atom is -0.307 e. The Labute approximate surface area is 68.4 Å². The summed E-state index contributed by atoms with van der Waals surface area (Å²) in [4.78, 5) is 9.95. The van der Waals surface area contributed by atoms with E-state index in [1.165, 1.54) is 38.5 Å². The van der Waals surface area contributed by atoms with Crippen LogP contribution in [0.4, 0.5) is 0 Å². The van der Waals surface area contributed by atoms with Gasteiger partial charge in [-0.3, -0.25) is 4.79 Å². The Morgan fingerprint density at radius 2 is 1.82 bits per heavy atom. The van der Waals surface area contributed by atoms with Crippen LogP contribution in [0.3, 0.4) is 0 Å². The average Bonchev–Trinajstić information content (AvgIpc) is 2.28. The van der Waals surface area contributed by atoms with E-state index < -0.39 is 0 Å². The maximum Gasteiger partial charge on any atom is 0.213 e. The number of carbonyl (C=O) groups excluding carboxylic acids is 1. The molecule has 0 amide bonds. The number of rotatable bonds is 3. The zero-order valence-electron chi connectivity index (χ0n) is 6.94. The smallest absolute Gasteiger partial charge is 0.213 e. The van der Waals surface area contributed by atoms with Crippen LogP contribution in [-0.4, -0.2) is 18.9 Å². The van der Waals surface area contributed by atoms with Crippen molar-refractivity contribution in [3.63, 3.8) is 0 Å². The van der Waals surface area contributed by atoms with Crippen molar-refractivity contribution in [1.82, 2.24) is 5.32 Å². The first-order valence-electron chi connectivity index (χ1n) is 4.52. The molecule has 0 unspecified atom stereocenters. The normalized spacial score (nSPS) is 21.1. The molecule has 1 N–H and O–H groups in total. The Bertz CT molecular complexity index is 106. The highest BCUT2D eigenvalue weighted by atomic mass is 16.1. The van der Waals surface area contributed by atoms with Gasteiger partial charge >= 0.3 is 0 Å². The molecule has 0 aromatic rings. The van der Waals surface area contributed by atoms with E-state index in [1.54, 1.807) is 0 Å². The van der Waals surface area contributed by atoms with Crippen LogP contribution in [-0.2, 0) is 4.79 Å². The summed E-state index contributed by atoms with van der Waals surface area (Å²) in [7, 11) is 0. The Hall–Kier alpha value is -0.370. The van der Waals surface area contributed by atoms with E-state index in [-0.39, 0.29) is 0 Å². The second-order valence-corrected chi connectivity index (χ2v) is 3.21. The highest BCUT2D eigenvalue weighted by Gasteiger charge is 2.10. The molecule has 0 aromatic carbocycles. The maximum absolute atomic E-state index is 9.95. The van der Waals surface area contributed by atoms with Gasteiger partial charge < -0.3 is 5.32 Å². The summed E-state index contributed by atoms with van der Waals surface area (Å²) in [5.74, 6) is 0. The van der Waals surface area contributed by atoms with Crippen LogP contribution in [0.1, 0.15) is 38.5 Å². The first-order chi connectivity index (χ1) is 5.43. The highest BCUT2D eigenvalue weighted by molar-refractivity contribution is 5.52. The monoisotopic (exact) mass is 154 g/mol. The maximum atomic E-state index is 9.95. The Morgan fingerprint density at radius 1 is 1.18 bits per heavy atom. The Kier molecular flexibility index (Phi) is 4.21. The van der Waals surface area contributed by atoms with Gasteiger partial charge in [0, 0.05) is 6.04 Å². The molecule has 0 saturated heterocycles. The van der Waals surface area contributed by atoms with Crippen LogP contribution in [0.2, 0.25) is 0 Å². The van der Waals surface area contributed by atoms with Gasteiger partial charge in [0.15, 0.2) is 0 Å². The highest BCUT2D eigenvalue weighted by Crippen LogP contribution is 2.16. The molecule has 11 heavy (non-hydrogen) atoms. The molecule has 63 valence electrons. The largest absolute Gasteiger partial charge is 0.307 e. The minimum atomic E-state index is 0.407. The van der Waals surface area contributed by atoms with Crippen LogP contribution in [0.15, 0.2) is 0 Å². The number of hydrogen-bond acceptors (Lipinski definition) is 2. The molecule has 0 atom stereocenters. The minimum absolute atomic E-state index is 0.407. The molecule has 0 aromatic heterocycles. The molecule has 0 heterocycles. The van der Waals surface area contributed by atoms with Crippen molar-refractivity contribution in [2.75, 3.05) is 6.54 Å². The van der Waals surface area contributed by atoms with Gasteiger partial charge in [0.25, 0.3) is 0 Å². The molecule has 2 heteroatoms. The molecule has 1 radical (unpaired) electrons. The lowest BCUT2D eigenvalue weighted by atomic mass is 10.1. The van der Waals surface area contributed by atoms with Crippen LogP contribution in [0.25, 0.3) is 0 Å². The van der Waals surface area contributed by atoms with Gasteiger partial charge in [-0.1, -0.05) is 25.7 Å². The molecule has 0 aliphatic heterocycles. The predicted molar refractivity (Wildman–Crippen MR) is 45.2 cm³/mol. The van der Waals surface area contributed by atoms with Crippen molar-refractivity contribution in [3.05, 3.63) is 0 Å². The van der Waals surface area contributed by atoms with Gasteiger partial charge in [-0.05, 0) is 12.8 Å². The van der Waals surface area contributed by atoms with Gasteiger partial charge in [-0.25, -0.2) is 0 Å². The SMILES string of the molecule is O=[C]CNC1CCCCCC1. The molecule has 1 aliphatic rings. The molecule has 1 aliphatic carbocycles. The van der Waals surface area contributed by atoms with Crippen LogP contribution < -0.4 is 5.32 Å². The quantitative estimate of drug-likeness (QED) is 0.623. The Balaban J connectivity index is 2.14. The van der Waals surface area contributed by atoms with Crippen LogP contribution >= 0.6 is 0 Å². The van der Waals surface area contributed by atoms with Crippen molar-refractivity contribution < 1.29 is 4.79 Å². The zero-order valence-corrected chi connectivity index (χ0v) is 6.94. The first kappa shape index (κ1) is 8.72. The number of hydrogen-bond donors (Lipinski definition) is 1. The summed E-state index contributed by atoms with van der Waals surface area (Å²) >= 11 is 0. The fourth-order valence-electron chi connectivity index (χ4n) is 1.67. The molecular weight excluding hydrogens is 138 g/mol. The van der Waals surface area contributed by atoms with E-state index in [0.29, 0.717) is 12.6 Å². The van der Waals surface area contributed by atoms with Gasteiger partial charge in [0.2, 0.25) is 6.29 Å². The molecule has 1 saturated carbocycles. The fraction of sp³-hybridized carbons (Fsp3) is 0.889. The van der Waals surface area contributed by atoms with Crippen LogP contribution in [0.5, 0.6) is 0 Å². The lowest BCUT2D eigenvalue weighted by Crippen LogP contribution is -2.29. The lowest BCUT2D eigenvalue weighted by molar-refractivity contribution is 0.475. The summed E-state index contributed by atoms with van der Waals surface area (Å²) < 4.78 is 0. The molecular formula is C9H16NO.